The van der Waals surface area contributed by atoms with Crippen molar-refractivity contribution < 1.29 is 9.59 Å². The van der Waals surface area contributed by atoms with Gasteiger partial charge in [0.25, 0.3) is 0 Å². The second-order valence-corrected chi connectivity index (χ2v) is 5.17. The Kier molecular flexibility index (Phi) is 3.13. The molecule has 0 bridgehead atoms. The molecule has 6 heteroatoms. The zero-order chi connectivity index (χ0) is 15.0. The van der Waals surface area contributed by atoms with Crippen molar-refractivity contribution in [2.75, 3.05) is 10.6 Å². The van der Waals surface area contributed by atoms with Crippen LogP contribution in [-0.4, -0.2) is 16.9 Å². The molecular weight excluding hydrogens is 268 g/mol. The van der Waals surface area contributed by atoms with Gasteiger partial charge in [0.1, 0.15) is 0 Å². The zero-order valence-electron chi connectivity index (χ0n) is 11.5. The highest BCUT2D eigenvalue weighted by Gasteiger charge is 2.36. The number of urea groups is 1. The molecule has 3 amide bonds. The van der Waals surface area contributed by atoms with Gasteiger partial charge in [-0.05, 0) is 35.9 Å². The van der Waals surface area contributed by atoms with E-state index in [0.29, 0.717) is 5.69 Å². The van der Waals surface area contributed by atoms with Crippen LogP contribution in [0, 0.1) is 0 Å². The number of carbonyl (C=O) groups excluding carboxylic acids is 2. The van der Waals surface area contributed by atoms with Gasteiger partial charge in [0.15, 0.2) is 0 Å². The summed E-state index contributed by atoms with van der Waals surface area (Å²) in [6.07, 6.45) is 1.84. The Morgan fingerprint density at radius 3 is 2.86 bits per heavy atom. The first-order chi connectivity index (χ1) is 10.1. The van der Waals surface area contributed by atoms with Gasteiger partial charge in [0.05, 0.1) is 5.92 Å². The minimum Gasteiger partial charge on any atom is -0.365 e. The number of amides is 3. The van der Waals surface area contributed by atoms with Crippen molar-refractivity contribution in [1.82, 2.24) is 4.98 Å². The van der Waals surface area contributed by atoms with Crippen molar-refractivity contribution in [1.29, 1.82) is 0 Å². The van der Waals surface area contributed by atoms with Crippen LogP contribution in [0.25, 0.3) is 0 Å². The average molecular weight is 284 g/mol. The number of H-pyrrole nitrogens is 1. The van der Waals surface area contributed by atoms with E-state index in [2.05, 4.69) is 15.6 Å². The van der Waals surface area contributed by atoms with Crippen molar-refractivity contribution >= 4 is 23.3 Å². The van der Waals surface area contributed by atoms with Crippen LogP contribution >= 0.6 is 0 Å². The van der Waals surface area contributed by atoms with Gasteiger partial charge >= 0.3 is 6.03 Å². The van der Waals surface area contributed by atoms with Gasteiger partial charge in [0.2, 0.25) is 5.91 Å². The van der Waals surface area contributed by atoms with E-state index < -0.39 is 6.03 Å². The first kappa shape index (κ1) is 13.2. The number of fused-ring (bicyclic) bond motifs is 1. The standard InChI is InChI=1S/C15H16N4O2/c1-8(11-3-2-6-17-11)13-10-7-9(18-15(16)21)4-5-12(10)19-14(13)20/h2-8,13,17H,1H3,(H,19,20)(H3,16,18,21). The molecule has 1 aliphatic heterocycles. The van der Waals surface area contributed by atoms with Crippen LogP contribution in [0.4, 0.5) is 16.2 Å². The van der Waals surface area contributed by atoms with Crippen LogP contribution in [-0.2, 0) is 4.79 Å². The summed E-state index contributed by atoms with van der Waals surface area (Å²) in [4.78, 5) is 26.4. The molecule has 2 aromatic rings. The number of nitrogens with one attached hydrogen (secondary N) is 3. The molecule has 1 aromatic heterocycles. The Labute approximate surface area is 121 Å². The maximum Gasteiger partial charge on any atom is 0.316 e. The van der Waals surface area contributed by atoms with Gasteiger partial charge in [-0.25, -0.2) is 4.79 Å². The number of aromatic nitrogens is 1. The number of aromatic amines is 1. The molecule has 1 aliphatic rings. The second kappa shape index (κ2) is 4.97. The maximum absolute atomic E-state index is 12.3. The summed E-state index contributed by atoms with van der Waals surface area (Å²) in [7, 11) is 0. The number of anilines is 2. The number of rotatable bonds is 3. The Morgan fingerprint density at radius 1 is 1.38 bits per heavy atom. The molecule has 0 radical (unpaired) electrons. The van der Waals surface area contributed by atoms with Crippen LogP contribution in [0.1, 0.15) is 30.0 Å². The summed E-state index contributed by atoms with van der Waals surface area (Å²) in [5.41, 5.74) is 8.36. The lowest BCUT2D eigenvalue weighted by molar-refractivity contribution is -0.117. The Balaban J connectivity index is 1.97. The molecule has 1 aromatic carbocycles. The molecule has 3 rings (SSSR count). The van der Waals surface area contributed by atoms with Crippen LogP contribution in [0.15, 0.2) is 36.5 Å². The highest BCUT2D eigenvalue weighted by molar-refractivity contribution is 6.04. The Morgan fingerprint density at radius 2 is 2.19 bits per heavy atom. The molecule has 6 nitrogen and oxygen atoms in total. The van der Waals surface area contributed by atoms with Crippen LogP contribution < -0.4 is 16.4 Å². The summed E-state index contributed by atoms with van der Waals surface area (Å²) < 4.78 is 0. The Bertz CT molecular complexity index is 694. The number of carbonyl (C=O) groups is 2. The predicted molar refractivity (Wildman–Crippen MR) is 80.2 cm³/mol. The first-order valence-electron chi connectivity index (χ1n) is 6.71. The number of benzene rings is 1. The highest BCUT2D eigenvalue weighted by Crippen LogP contribution is 2.42. The van der Waals surface area contributed by atoms with Crippen LogP contribution in [0.5, 0.6) is 0 Å². The van der Waals surface area contributed by atoms with Crippen molar-refractivity contribution in [3.8, 4) is 0 Å². The fourth-order valence-electron chi connectivity index (χ4n) is 2.81. The predicted octanol–water partition coefficient (Wildman–Crippen LogP) is 2.34. The van der Waals surface area contributed by atoms with E-state index in [1.807, 2.05) is 25.3 Å². The summed E-state index contributed by atoms with van der Waals surface area (Å²) in [5.74, 6) is -0.332. The molecule has 2 unspecified atom stereocenters. The molecule has 0 aliphatic carbocycles. The largest absolute Gasteiger partial charge is 0.365 e. The van der Waals surface area contributed by atoms with Gasteiger partial charge < -0.3 is 21.4 Å². The average Bonchev–Trinajstić information content (AvgIpc) is 3.04. The summed E-state index contributed by atoms with van der Waals surface area (Å²) in [6.45, 7) is 2.00. The van der Waals surface area contributed by atoms with Crippen molar-refractivity contribution in [3.63, 3.8) is 0 Å². The fraction of sp³-hybridized carbons (Fsp3) is 0.200. The third kappa shape index (κ3) is 2.35. The quantitative estimate of drug-likeness (QED) is 0.695. The molecule has 0 spiro atoms. The lowest BCUT2D eigenvalue weighted by Gasteiger charge is -2.17. The minimum absolute atomic E-state index is 0.00470. The fourth-order valence-corrected chi connectivity index (χ4v) is 2.81. The maximum atomic E-state index is 12.3. The molecule has 0 saturated carbocycles. The monoisotopic (exact) mass is 284 g/mol. The molecule has 5 N–H and O–H groups in total. The summed E-state index contributed by atoms with van der Waals surface area (Å²) in [6, 6.07) is 8.53. The van der Waals surface area contributed by atoms with E-state index in [9.17, 15) is 9.59 Å². The molecule has 21 heavy (non-hydrogen) atoms. The molecule has 0 fully saturated rings. The van der Waals surface area contributed by atoms with E-state index in [4.69, 9.17) is 5.73 Å². The number of nitrogens with two attached hydrogens (primary N) is 1. The first-order valence-corrected chi connectivity index (χ1v) is 6.71. The van der Waals surface area contributed by atoms with E-state index in [0.717, 1.165) is 16.9 Å². The summed E-state index contributed by atoms with van der Waals surface area (Å²) in [5, 5.41) is 5.41. The van der Waals surface area contributed by atoms with Gasteiger partial charge in [-0.2, -0.15) is 0 Å². The van der Waals surface area contributed by atoms with Crippen molar-refractivity contribution in [2.45, 2.75) is 18.8 Å². The van der Waals surface area contributed by atoms with E-state index in [1.54, 1.807) is 18.2 Å². The topological polar surface area (TPSA) is 100 Å². The van der Waals surface area contributed by atoms with Crippen LogP contribution in [0.2, 0.25) is 0 Å². The van der Waals surface area contributed by atoms with Gasteiger partial charge in [-0.1, -0.05) is 6.92 Å². The molecule has 2 atom stereocenters. The smallest absolute Gasteiger partial charge is 0.316 e. The van der Waals surface area contributed by atoms with Crippen molar-refractivity contribution in [3.05, 3.63) is 47.8 Å². The Hall–Kier alpha value is -2.76. The molecule has 0 saturated heterocycles. The third-order valence-corrected chi connectivity index (χ3v) is 3.81. The normalized spacial score (nSPS) is 18.0. The highest BCUT2D eigenvalue weighted by atomic mass is 16.2. The SMILES string of the molecule is CC(c1ccc[nH]1)C1C(=O)Nc2ccc(NC(N)=O)cc21. The van der Waals surface area contributed by atoms with Crippen molar-refractivity contribution in [2.24, 2.45) is 5.73 Å². The number of hydrogen-bond acceptors (Lipinski definition) is 2. The van der Waals surface area contributed by atoms with Gasteiger partial charge in [-0.15, -0.1) is 0 Å². The number of primary amides is 1. The molecule has 108 valence electrons. The third-order valence-electron chi connectivity index (χ3n) is 3.81. The number of hydrogen-bond donors (Lipinski definition) is 4. The summed E-state index contributed by atoms with van der Waals surface area (Å²) >= 11 is 0. The van der Waals surface area contributed by atoms with E-state index >= 15 is 0 Å². The zero-order valence-corrected chi connectivity index (χ0v) is 11.5. The lowest BCUT2D eigenvalue weighted by Crippen LogP contribution is -2.19. The lowest BCUT2D eigenvalue weighted by atomic mass is 9.86. The molecular formula is C15H16N4O2. The van der Waals surface area contributed by atoms with Gasteiger partial charge in [0, 0.05) is 29.2 Å². The van der Waals surface area contributed by atoms with Crippen LogP contribution in [0.3, 0.4) is 0 Å². The van der Waals surface area contributed by atoms with E-state index in [-0.39, 0.29) is 17.7 Å². The second-order valence-electron chi connectivity index (χ2n) is 5.17. The molecule has 2 heterocycles. The van der Waals surface area contributed by atoms with Gasteiger partial charge in [-0.3, -0.25) is 4.79 Å². The van der Waals surface area contributed by atoms with E-state index in [1.165, 1.54) is 0 Å². The minimum atomic E-state index is -0.624.